The van der Waals surface area contributed by atoms with Crippen molar-refractivity contribution < 1.29 is 14.7 Å². The Hall–Kier alpha value is -1.32. The van der Waals surface area contributed by atoms with Gasteiger partial charge in [0.2, 0.25) is 0 Å². The van der Waals surface area contributed by atoms with Crippen LogP contribution in [0.15, 0.2) is 17.8 Å². The zero-order valence-electron chi connectivity index (χ0n) is 9.74. The van der Waals surface area contributed by atoms with Crippen LogP contribution in [0.2, 0.25) is 0 Å². The van der Waals surface area contributed by atoms with Gasteiger partial charge in [-0.1, -0.05) is 17.7 Å². The number of nitrogens with zero attached hydrogens (tertiary/aromatic N) is 1. The quantitative estimate of drug-likeness (QED) is 0.346. The summed E-state index contributed by atoms with van der Waals surface area (Å²) in [4.78, 5) is 12.0. The van der Waals surface area contributed by atoms with Gasteiger partial charge in [0.1, 0.15) is 5.41 Å². The number of rotatable bonds is 4. The summed E-state index contributed by atoms with van der Waals surface area (Å²) < 4.78 is 5.09. The van der Waals surface area contributed by atoms with Gasteiger partial charge < -0.3 is 9.94 Å². The Balaban J connectivity index is 3.00. The van der Waals surface area contributed by atoms with Gasteiger partial charge in [0.05, 0.1) is 12.3 Å². The summed E-state index contributed by atoms with van der Waals surface area (Å²) in [7, 11) is 0. The molecule has 0 bridgehead atoms. The second-order valence-corrected chi connectivity index (χ2v) is 4.05. The number of esters is 1. The van der Waals surface area contributed by atoms with E-state index >= 15 is 0 Å². The van der Waals surface area contributed by atoms with Gasteiger partial charge in [0, 0.05) is 0 Å². The van der Waals surface area contributed by atoms with Crippen molar-refractivity contribution in [2.75, 3.05) is 6.61 Å². The third-order valence-electron chi connectivity index (χ3n) is 3.10. The van der Waals surface area contributed by atoms with E-state index in [2.05, 4.69) is 11.7 Å². The monoisotopic (exact) mass is 225 g/mol. The summed E-state index contributed by atoms with van der Waals surface area (Å²) in [5.41, 5.74) is -0.234. The van der Waals surface area contributed by atoms with Crippen LogP contribution in [-0.2, 0) is 9.53 Å². The van der Waals surface area contributed by atoms with E-state index in [0.717, 1.165) is 12.8 Å². The number of allylic oxidation sites excluding steroid dienone is 1. The standard InChI is InChI=1S/C12H19NO3/c1-3-8-12(11(14)16-4-2)9-6-5-7-10(12)13-15/h3,15H,1,4-9H2,2H3. The van der Waals surface area contributed by atoms with E-state index in [4.69, 9.17) is 9.94 Å². The normalized spacial score (nSPS) is 27.7. The van der Waals surface area contributed by atoms with Crippen LogP contribution in [0.1, 0.15) is 39.0 Å². The van der Waals surface area contributed by atoms with Crippen molar-refractivity contribution in [2.24, 2.45) is 10.6 Å². The highest BCUT2D eigenvalue weighted by Gasteiger charge is 2.45. The molecule has 1 fully saturated rings. The third kappa shape index (κ3) is 2.26. The Kier molecular flexibility index (Phi) is 4.52. The minimum absolute atomic E-state index is 0.289. The first-order valence-electron chi connectivity index (χ1n) is 5.70. The zero-order valence-corrected chi connectivity index (χ0v) is 9.74. The first-order chi connectivity index (χ1) is 7.71. The molecule has 0 heterocycles. The molecule has 90 valence electrons. The van der Waals surface area contributed by atoms with Crippen LogP contribution in [0.25, 0.3) is 0 Å². The maximum Gasteiger partial charge on any atom is 0.318 e. The molecule has 0 spiro atoms. The molecular weight excluding hydrogens is 206 g/mol. The molecule has 1 aliphatic rings. The Morgan fingerprint density at radius 3 is 3.00 bits per heavy atom. The highest BCUT2D eigenvalue weighted by Crippen LogP contribution is 2.38. The Bertz CT molecular complexity index is 299. The van der Waals surface area contributed by atoms with Crippen molar-refractivity contribution in [1.29, 1.82) is 0 Å². The molecule has 1 aliphatic carbocycles. The molecular formula is C12H19NO3. The van der Waals surface area contributed by atoms with E-state index < -0.39 is 5.41 Å². The molecule has 0 aliphatic heterocycles. The molecule has 0 aromatic heterocycles. The zero-order chi connectivity index (χ0) is 12.0. The molecule has 4 nitrogen and oxygen atoms in total. The van der Waals surface area contributed by atoms with Crippen molar-refractivity contribution in [3.8, 4) is 0 Å². The molecule has 0 amide bonds. The van der Waals surface area contributed by atoms with Crippen LogP contribution in [0.5, 0.6) is 0 Å². The second kappa shape index (κ2) is 5.68. The Morgan fingerprint density at radius 1 is 1.69 bits per heavy atom. The summed E-state index contributed by atoms with van der Waals surface area (Å²) in [6.45, 7) is 5.79. The van der Waals surface area contributed by atoms with Crippen LogP contribution in [0.4, 0.5) is 0 Å². The Morgan fingerprint density at radius 2 is 2.44 bits per heavy atom. The summed E-state index contributed by atoms with van der Waals surface area (Å²) in [6, 6.07) is 0. The summed E-state index contributed by atoms with van der Waals surface area (Å²) in [5.74, 6) is -0.289. The van der Waals surface area contributed by atoms with Crippen LogP contribution >= 0.6 is 0 Å². The van der Waals surface area contributed by atoms with Crippen LogP contribution in [-0.4, -0.2) is 23.5 Å². The van der Waals surface area contributed by atoms with Crippen molar-refractivity contribution >= 4 is 11.7 Å². The van der Waals surface area contributed by atoms with E-state index in [9.17, 15) is 4.79 Å². The lowest BCUT2D eigenvalue weighted by atomic mass is 9.70. The van der Waals surface area contributed by atoms with Gasteiger partial charge in [-0.05, 0) is 32.6 Å². The number of carbonyl (C=O) groups is 1. The first kappa shape index (κ1) is 12.7. The van der Waals surface area contributed by atoms with E-state index in [1.807, 2.05) is 0 Å². The molecule has 0 aromatic rings. The highest BCUT2D eigenvalue weighted by atomic mass is 16.5. The molecule has 1 saturated carbocycles. The van der Waals surface area contributed by atoms with E-state index in [-0.39, 0.29) is 5.97 Å². The van der Waals surface area contributed by atoms with E-state index in [1.165, 1.54) is 0 Å². The highest BCUT2D eigenvalue weighted by molar-refractivity contribution is 6.07. The van der Waals surface area contributed by atoms with Crippen molar-refractivity contribution in [2.45, 2.75) is 39.0 Å². The molecule has 0 radical (unpaired) electrons. The maximum absolute atomic E-state index is 12.0. The Labute approximate surface area is 96.0 Å². The molecule has 1 atom stereocenters. The number of hydrogen-bond acceptors (Lipinski definition) is 4. The largest absolute Gasteiger partial charge is 0.465 e. The van der Waals surface area contributed by atoms with Crippen molar-refractivity contribution in [3.63, 3.8) is 0 Å². The van der Waals surface area contributed by atoms with Gasteiger partial charge >= 0.3 is 5.97 Å². The lowest BCUT2D eigenvalue weighted by Gasteiger charge is -2.34. The maximum atomic E-state index is 12.0. The van der Waals surface area contributed by atoms with Gasteiger partial charge in [0.15, 0.2) is 0 Å². The second-order valence-electron chi connectivity index (χ2n) is 4.05. The molecule has 0 aromatic carbocycles. The summed E-state index contributed by atoms with van der Waals surface area (Å²) >= 11 is 0. The fourth-order valence-electron chi connectivity index (χ4n) is 2.29. The van der Waals surface area contributed by atoms with Crippen molar-refractivity contribution in [1.82, 2.24) is 0 Å². The molecule has 1 unspecified atom stereocenters. The van der Waals surface area contributed by atoms with Crippen LogP contribution in [0.3, 0.4) is 0 Å². The van der Waals surface area contributed by atoms with E-state index in [1.54, 1.807) is 13.0 Å². The van der Waals surface area contributed by atoms with Gasteiger partial charge in [-0.15, -0.1) is 6.58 Å². The first-order valence-corrected chi connectivity index (χ1v) is 5.70. The smallest absolute Gasteiger partial charge is 0.318 e. The summed E-state index contributed by atoms with van der Waals surface area (Å²) in [5, 5.41) is 12.3. The van der Waals surface area contributed by atoms with Crippen LogP contribution in [0, 0.1) is 5.41 Å². The van der Waals surface area contributed by atoms with Gasteiger partial charge in [-0.25, -0.2) is 0 Å². The SMILES string of the molecule is C=CCC1(C(=O)OCC)CCCCC1=NO. The van der Waals surface area contributed by atoms with Gasteiger partial charge in [-0.2, -0.15) is 0 Å². The lowest BCUT2D eigenvalue weighted by Crippen LogP contribution is -2.42. The summed E-state index contributed by atoms with van der Waals surface area (Å²) in [6.07, 6.45) is 5.41. The predicted molar refractivity (Wildman–Crippen MR) is 61.6 cm³/mol. The molecule has 0 saturated heterocycles. The molecule has 4 heteroatoms. The molecule has 1 N–H and O–H groups in total. The lowest BCUT2D eigenvalue weighted by molar-refractivity contribution is -0.152. The van der Waals surface area contributed by atoms with Gasteiger partial charge in [0.25, 0.3) is 0 Å². The fraction of sp³-hybridized carbons (Fsp3) is 0.667. The van der Waals surface area contributed by atoms with E-state index in [0.29, 0.717) is 31.6 Å². The average Bonchev–Trinajstić information content (AvgIpc) is 2.30. The van der Waals surface area contributed by atoms with Gasteiger partial charge in [-0.3, -0.25) is 4.79 Å². The predicted octanol–water partition coefficient (Wildman–Crippen LogP) is 2.52. The minimum Gasteiger partial charge on any atom is -0.465 e. The fourth-order valence-corrected chi connectivity index (χ4v) is 2.29. The third-order valence-corrected chi connectivity index (χ3v) is 3.10. The molecule has 16 heavy (non-hydrogen) atoms. The minimum atomic E-state index is -0.773. The number of hydrogen-bond donors (Lipinski definition) is 1. The molecule has 1 rings (SSSR count). The van der Waals surface area contributed by atoms with Crippen molar-refractivity contribution in [3.05, 3.63) is 12.7 Å². The topological polar surface area (TPSA) is 58.9 Å². The number of carbonyl (C=O) groups excluding carboxylic acids is 1. The number of ether oxygens (including phenoxy) is 1. The number of oxime groups is 1. The van der Waals surface area contributed by atoms with Crippen LogP contribution < -0.4 is 0 Å². The average molecular weight is 225 g/mol.